The Morgan fingerprint density at radius 1 is 1.19 bits per heavy atom. The third-order valence-corrected chi connectivity index (χ3v) is 5.60. The zero-order chi connectivity index (χ0) is 18.1. The summed E-state index contributed by atoms with van der Waals surface area (Å²) in [5, 5.41) is 0.692. The van der Waals surface area contributed by atoms with Crippen LogP contribution in [0, 0.1) is 12.7 Å². The standard InChI is InChI=1S/C20H19FN2O2S/c1-13-3-2-4-17-18(13)22-20(26-17)25-16-9-11-23(12-10-16)19(24)14-5-7-15(21)8-6-14/h2-8,16H,9-12H2,1H3. The molecular weight excluding hydrogens is 351 g/mol. The lowest BCUT2D eigenvalue weighted by Gasteiger charge is -2.31. The molecule has 1 fully saturated rings. The molecule has 0 N–H and O–H groups in total. The molecule has 1 aliphatic rings. The second-order valence-electron chi connectivity index (χ2n) is 6.52. The first-order valence-electron chi connectivity index (χ1n) is 8.68. The van der Waals surface area contributed by atoms with Gasteiger partial charge in [-0.2, -0.15) is 0 Å². The molecule has 0 saturated carbocycles. The van der Waals surface area contributed by atoms with E-state index in [0.717, 1.165) is 28.6 Å². The van der Waals surface area contributed by atoms with Crippen molar-refractivity contribution in [2.75, 3.05) is 13.1 Å². The number of carbonyl (C=O) groups excluding carboxylic acids is 1. The lowest BCUT2D eigenvalue weighted by molar-refractivity contribution is 0.0595. The van der Waals surface area contributed by atoms with E-state index in [1.54, 1.807) is 16.2 Å². The number of carbonyl (C=O) groups is 1. The van der Waals surface area contributed by atoms with Crippen LogP contribution in [0.3, 0.4) is 0 Å². The molecule has 4 rings (SSSR count). The van der Waals surface area contributed by atoms with Gasteiger partial charge in [0.25, 0.3) is 11.1 Å². The molecule has 0 bridgehead atoms. The Morgan fingerprint density at radius 3 is 2.62 bits per heavy atom. The van der Waals surface area contributed by atoms with Crippen molar-refractivity contribution in [3.8, 4) is 5.19 Å². The fourth-order valence-corrected chi connectivity index (χ4v) is 4.17. The summed E-state index contributed by atoms with van der Waals surface area (Å²) in [5.74, 6) is -0.390. The average molecular weight is 370 g/mol. The number of ether oxygens (including phenoxy) is 1. The zero-order valence-corrected chi connectivity index (χ0v) is 15.3. The van der Waals surface area contributed by atoms with Gasteiger partial charge in [0.05, 0.1) is 10.2 Å². The van der Waals surface area contributed by atoms with Crippen LogP contribution in [0.2, 0.25) is 0 Å². The van der Waals surface area contributed by atoms with Crippen LogP contribution in [0.1, 0.15) is 28.8 Å². The van der Waals surface area contributed by atoms with Crippen molar-refractivity contribution >= 4 is 27.5 Å². The van der Waals surface area contributed by atoms with Gasteiger partial charge < -0.3 is 9.64 Å². The van der Waals surface area contributed by atoms with Crippen molar-refractivity contribution in [1.29, 1.82) is 0 Å². The molecule has 26 heavy (non-hydrogen) atoms. The van der Waals surface area contributed by atoms with Gasteiger partial charge in [-0.15, -0.1) is 0 Å². The van der Waals surface area contributed by atoms with Crippen LogP contribution in [0.4, 0.5) is 4.39 Å². The summed E-state index contributed by atoms with van der Waals surface area (Å²) in [7, 11) is 0. The molecule has 0 aliphatic carbocycles. The first kappa shape index (κ1) is 17.0. The van der Waals surface area contributed by atoms with Crippen LogP contribution in [-0.2, 0) is 0 Å². The Bertz CT molecular complexity index is 931. The summed E-state index contributed by atoms with van der Waals surface area (Å²) in [4.78, 5) is 18.9. The van der Waals surface area contributed by atoms with E-state index >= 15 is 0 Å². The van der Waals surface area contributed by atoms with Crippen molar-refractivity contribution in [2.45, 2.75) is 25.9 Å². The monoisotopic (exact) mass is 370 g/mol. The molecule has 4 nitrogen and oxygen atoms in total. The number of aryl methyl sites for hydroxylation is 1. The predicted molar refractivity (Wildman–Crippen MR) is 100 cm³/mol. The van der Waals surface area contributed by atoms with E-state index in [-0.39, 0.29) is 17.8 Å². The third-order valence-electron chi connectivity index (χ3n) is 4.69. The smallest absolute Gasteiger partial charge is 0.274 e. The van der Waals surface area contributed by atoms with Gasteiger partial charge in [-0.1, -0.05) is 23.5 Å². The molecule has 134 valence electrons. The second-order valence-corrected chi connectivity index (χ2v) is 7.51. The number of likely N-dealkylation sites (tertiary alicyclic amines) is 1. The molecule has 6 heteroatoms. The first-order chi connectivity index (χ1) is 12.6. The number of para-hydroxylation sites is 1. The summed E-state index contributed by atoms with van der Waals surface area (Å²) < 4.78 is 20.2. The Balaban J connectivity index is 1.37. The van der Waals surface area contributed by atoms with Crippen LogP contribution in [0.25, 0.3) is 10.2 Å². The molecule has 1 saturated heterocycles. The summed E-state index contributed by atoms with van der Waals surface area (Å²) in [6.45, 7) is 3.31. The number of fused-ring (bicyclic) bond motifs is 1. The number of halogens is 1. The minimum absolute atomic E-state index is 0.0564. The SMILES string of the molecule is Cc1cccc2sc(OC3CCN(C(=O)c4ccc(F)cc4)CC3)nc12. The lowest BCUT2D eigenvalue weighted by atomic mass is 10.1. The van der Waals surface area contributed by atoms with Gasteiger partial charge in [0.2, 0.25) is 0 Å². The topological polar surface area (TPSA) is 42.4 Å². The number of thiazole rings is 1. The van der Waals surface area contributed by atoms with Gasteiger partial charge in [-0.3, -0.25) is 4.79 Å². The summed E-state index contributed by atoms with van der Waals surface area (Å²) in [6, 6.07) is 11.8. The molecule has 1 aliphatic heterocycles. The Kier molecular flexibility index (Phi) is 4.59. The van der Waals surface area contributed by atoms with Crippen LogP contribution in [-0.4, -0.2) is 35.0 Å². The molecule has 2 aromatic carbocycles. The van der Waals surface area contributed by atoms with Crippen molar-refractivity contribution in [3.63, 3.8) is 0 Å². The van der Waals surface area contributed by atoms with Crippen molar-refractivity contribution in [1.82, 2.24) is 9.88 Å². The number of rotatable bonds is 3. The van der Waals surface area contributed by atoms with E-state index < -0.39 is 0 Å². The van der Waals surface area contributed by atoms with E-state index in [0.29, 0.717) is 23.8 Å². The van der Waals surface area contributed by atoms with E-state index in [1.165, 1.54) is 24.3 Å². The molecular formula is C20H19FN2O2S. The van der Waals surface area contributed by atoms with Crippen molar-refractivity contribution in [3.05, 3.63) is 59.4 Å². The first-order valence-corrected chi connectivity index (χ1v) is 9.49. The van der Waals surface area contributed by atoms with Crippen LogP contribution < -0.4 is 4.74 Å². The third kappa shape index (κ3) is 3.42. The number of benzene rings is 2. The Morgan fingerprint density at radius 2 is 1.92 bits per heavy atom. The molecule has 0 unspecified atom stereocenters. The van der Waals surface area contributed by atoms with Gasteiger partial charge in [0.1, 0.15) is 11.9 Å². The maximum Gasteiger partial charge on any atom is 0.274 e. The van der Waals surface area contributed by atoms with E-state index in [2.05, 4.69) is 11.1 Å². The highest BCUT2D eigenvalue weighted by Crippen LogP contribution is 2.31. The van der Waals surface area contributed by atoms with Crippen molar-refractivity contribution < 1.29 is 13.9 Å². The van der Waals surface area contributed by atoms with Gasteiger partial charge in [0.15, 0.2) is 0 Å². The maximum absolute atomic E-state index is 13.0. The minimum atomic E-state index is -0.334. The number of nitrogens with zero attached hydrogens (tertiary/aromatic N) is 2. The Labute approximate surface area is 155 Å². The number of hydrogen-bond donors (Lipinski definition) is 0. The molecule has 1 amide bonds. The van der Waals surface area contributed by atoms with E-state index in [1.807, 2.05) is 19.1 Å². The van der Waals surface area contributed by atoms with Crippen molar-refractivity contribution in [2.24, 2.45) is 0 Å². The summed E-state index contributed by atoms with van der Waals surface area (Å²) in [5.41, 5.74) is 2.66. The molecule has 3 aromatic rings. The second kappa shape index (κ2) is 7.03. The maximum atomic E-state index is 13.0. The number of piperidine rings is 1. The van der Waals surface area contributed by atoms with Crippen LogP contribution >= 0.6 is 11.3 Å². The number of hydrogen-bond acceptors (Lipinski definition) is 4. The minimum Gasteiger partial charge on any atom is -0.467 e. The van der Waals surface area contributed by atoms with Gasteiger partial charge in [-0.05, 0) is 42.8 Å². The zero-order valence-electron chi connectivity index (χ0n) is 14.4. The number of amides is 1. The van der Waals surface area contributed by atoms with Crippen LogP contribution in [0.5, 0.6) is 5.19 Å². The normalized spacial score (nSPS) is 15.4. The number of aromatic nitrogens is 1. The molecule has 0 radical (unpaired) electrons. The Hall–Kier alpha value is -2.47. The summed E-state index contributed by atoms with van der Waals surface area (Å²) >= 11 is 1.56. The summed E-state index contributed by atoms with van der Waals surface area (Å²) in [6.07, 6.45) is 1.59. The molecule has 0 spiro atoms. The molecule has 1 aromatic heterocycles. The van der Waals surface area contributed by atoms with Gasteiger partial charge in [-0.25, -0.2) is 9.37 Å². The molecule has 2 heterocycles. The van der Waals surface area contributed by atoms with E-state index in [4.69, 9.17) is 4.74 Å². The lowest BCUT2D eigenvalue weighted by Crippen LogP contribution is -2.41. The van der Waals surface area contributed by atoms with Crippen LogP contribution in [0.15, 0.2) is 42.5 Å². The fraction of sp³-hybridized carbons (Fsp3) is 0.300. The van der Waals surface area contributed by atoms with Gasteiger partial charge in [0, 0.05) is 31.5 Å². The average Bonchev–Trinajstić information content (AvgIpc) is 3.06. The van der Waals surface area contributed by atoms with Gasteiger partial charge >= 0.3 is 0 Å². The largest absolute Gasteiger partial charge is 0.467 e. The highest BCUT2D eigenvalue weighted by Gasteiger charge is 2.25. The van der Waals surface area contributed by atoms with E-state index in [9.17, 15) is 9.18 Å². The highest BCUT2D eigenvalue weighted by molar-refractivity contribution is 7.20. The fourth-order valence-electron chi connectivity index (χ4n) is 3.21. The quantitative estimate of drug-likeness (QED) is 0.685. The predicted octanol–water partition coefficient (Wildman–Crippen LogP) is 4.43. The molecule has 0 atom stereocenters. The highest BCUT2D eigenvalue weighted by atomic mass is 32.1.